The second kappa shape index (κ2) is 7.45. The van der Waals surface area contributed by atoms with Gasteiger partial charge in [-0.15, -0.1) is 0 Å². The lowest BCUT2D eigenvalue weighted by Gasteiger charge is -2.16. The molecule has 0 unspecified atom stereocenters. The van der Waals surface area contributed by atoms with Crippen LogP contribution >= 0.6 is 0 Å². The second-order valence-corrected chi connectivity index (χ2v) is 4.24. The zero-order valence-electron chi connectivity index (χ0n) is 10.8. The van der Waals surface area contributed by atoms with Gasteiger partial charge in [0.15, 0.2) is 0 Å². The highest BCUT2D eigenvalue weighted by Gasteiger charge is 2.23. The lowest BCUT2D eigenvalue weighted by atomic mass is 10.1. The average Bonchev–Trinajstić information content (AvgIpc) is 2.76. The molecule has 0 spiro atoms. The van der Waals surface area contributed by atoms with Crippen molar-refractivity contribution in [3.8, 4) is 0 Å². The summed E-state index contributed by atoms with van der Waals surface area (Å²) < 4.78 is 5.90. The molecule has 0 aliphatic heterocycles. The minimum atomic E-state index is 0.496. The minimum Gasteiger partial charge on any atom is -0.373 e. The van der Waals surface area contributed by atoms with E-state index in [0.717, 1.165) is 12.5 Å². The molecule has 1 aliphatic carbocycles. The van der Waals surface area contributed by atoms with Crippen LogP contribution in [-0.2, 0) is 11.3 Å². The summed E-state index contributed by atoms with van der Waals surface area (Å²) in [5.74, 6) is 0.749. The van der Waals surface area contributed by atoms with Gasteiger partial charge in [-0.2, -0.15) is 0 Å². The van der Waals surface area contributed by atoms with Crippen LogP contribution in [0, 0.1) is 5.92 Å². The molecule has 0 bridgehead atoms. The van der Waals surface area contributed by atoms with Crippen LogP contribution in [0.25, 0.3) is 0 Å². The van der Waals surface area contributed by atoms with E-state index in [-0.39, 0.29) is 0 Å². The predicted molar refractivity (Wildman–Crippen MR) is 69.4 cm³/mol. The summed E-state index contributed by atoms with van der Waals surface area (Å²) in [4.78, 5) is 0. The molecule has 0 amide bonds. The van der Waals surface area contributed by atoms with E-state index in [4.69, 9.17) is 4.74 Å². The Morgan fingerprint density at radius 3 is 2.38 bits per heavy atom. The number of rotatable bonds is 3. The highest BCUT2D eigenvalue weighted by Crippen LogP contribution is 2.28. The van der Waals surface area contributed by atoms with Crippen molar-refractivity contribution >= 4 is 0 Å². The topological polar surface area (TPSA) is 9.23 Å². The molecule has 0 heterocycles. The molecule has 0 N–H and O–H groups in total. The number of ether oxygens (including phenoxy) is 1. The Labute approximate surface area is 99.8 Å². The van der Waals surface area contributed by atoms with Crippen LogP contribution in [0.4, 0.5) is 0 Å². The minimum absolute atomic E-state index is 0.496. The quantitative estimate of drug-likeness (QED) is 0.732. The monoisotopic (exact) mass is 220 g/mol. The molecule has 16 heavy (non-hydrogen) atoms. The van der Waals surface area contributed by atoms with Gasteiger partial charge in [0.05, 0.1) is 12.7 Å². The molecule has 1 heteroatoms. The highest BCUT2D eigenvalue weighted by atomic mass is 16.5. The first kappa shape index (κ1) is 13.2. The first-order valence-corrected chi connectivity index (χ1v) is 6.52. The largest absolute Gasteiger partial charge is 0.373 e. The zero-order valence-corrected chi connectivity index (χ0v) is 10.8. The van der Waals surface area contributed by atoms with Crippen molar-refractivity contribution in [3.63, 3.8) is 0 Å². The molecule has 1 nitrogen and oxygen atoms in total. The van der Waals surface area contributed by atoms with Gasteiger partial charge in [-0.3, -0.25) is 0 Å². The standard InChI is InChI=1S/C13H18O.C2H6/c1-11-6-5-9-13(11)14-10-12-7-3-2-4-8-12;1-2/h2-4,7-8,11,13H,5-6,9-10H2,1H3;1-2H3/t11-,13-;/m1./s1. The Bertz CT molecular complexity index is 268. The smallest absolute Gasteiger partial charge is 0.0720 e. The fraction of sp³-hybridized carbons (Fsp3) is 0.600. The van der Waals surface area contributed by atoms with E-state index in [1.54, 1.807) is 0 Å². The fourth-order valence-corrected chi connectivity index (χ4v) is 2.14. The lowest BCUT2D eigenvalue weighted by molar-refractivity contribution is 0.0207. The first-order valence-electron chi connectivity index (χ1n) is 6.52. The molecule has 1 fully saturated rings. The molecule has 0 aromatic heterocycles. The summed E-state index contributed by atoms with van der Waals surface area (Å²) >= 11 is 0. The third kappa shape index (κ3) is 3.97. The van der Waals surface area contributed by atoms with Crippen LogP contribution in [0.2, 0.25) is 0 Å². The maximum absolute atomic E-state index is 5.90. The molecule has 1 aromatic rings. The highest BCUT2D eigenvalue weighted by molar-refractivity contribution is 5.13. The Balaban J connectivity index is 0.000000606. The van der Waals surface area contributed by atoms with Crippen molar-refractivity contribution < 1.29 is 4.74 Å². The summed E-state index contributed by atoms with van der Waals surface area (Å²) in [6.07, 6.45) is 4.41. The Kier molecular flexibility index (Phi) is 6.17. The van der Waals surface area contributed by atoms with Gasteiger partial charge in [0, 0.05) is 0 Å². The van der Waals surface area contributed by atoms with Gasteiger partial charge in [-0.1, -0.05) is 57.5 Å². The lowest BCUT2D eigenvalue weighted by Crippen LogP contribution is -2.15. The van der Waals surface area contributed by atoms with Gasteiger partial charge in [0.2, 0.25) is 0 Å². The Hall–Kier alpha value is -0.820. The molecule has 1 aromatic carbocycles. The summed E-state index contributed by atoms with van der Waals surface area (Å²) in [7, 11) is 0. The molecule has 1 aliphatic rings. The molecule has 0 saturated heterocycles. The third-order valence-electron chi connectivity index (χ3n) is 3.09. The summed E-state index contributed by atoms with van der Waals surface area (Å²) in [5.41, 5.74) is 1.28. The van der Waals surface area contributed by atoms with Gasteiger partial charge < -0.3 is 4.74 Å². The number of hydrogen-bond acceptors (Lipinski definition) is 1. The fourth-order valence-electron chi connectivity index (χ4n) is 2.14. The summed E-state index contributed by atoms with van der Waals surface area (Å²) in [5, 5.41) is 0. The molecular weight excluding hydrogens is 196 g/mol. The third-order valence-corrected chi connectivity index (χ3v) is 3.09. The van der Waals surface area contributed by atoms with Crippen molar-refractivity contribution in [2.24, 2.45) is 5.92 Å². The number of hydrogen-bond donors (Lipinski definition) is 0. The van der Waals surface area contributed by atoms with Crippen molar-refractivity contribution in [3.05, 3.63) is 35.9 Å². The maximum atomic E-state index is 5.90. The molecule has 1 saturated carbocycles. The Morgan fingerprint density at radius 2 is 1.81 bits per heavy atom. The van der Waals surface area contributed by atoms with E-state index in [0.29, 0.717) is 6.10 Å². The van der Waals surface area contributed by atoms with Crippen molar-refractivity contribution in [1.82, 2.24) is 0 Å². The van der Waals surface area contributed by atoms with Gasteiger partial charge in [0.25, 0.3) is 0 Å². The molecule has 0 radical (unpaired) electrons. The Morgan fingerprint density at radius 1 is 1.12 bits per heavy atom. The predicted octanol–water partition coefficient (Wildman–Crippen LogP) is 4.42. The maximum Gasteiger partial charge on any atom is 0.0720 e. The molecule has 2 atom stereocenters. The van der Waals surface area contributed by atoms with E-state index in [1.807, 2.05) is 19.9 Å². The van der Waals surface area contributed by atoms with E-state index in [9.17, 15) is 0 Å². The van der Waals surface area contributed by atoms with Gasteiger partial charge in [-0.05, 0) is 24.3 Å². The zero-order chi connectivity index (χ0) is 11.8. The van der Waals surface area contributed by atoms with Crippen LogP contribution in [0.5, 0.6) is 0 Å². The van der Waals surface area contributed by atoms with Crippen molar-refractivity contribution in [2.75, 3.05) is 0 Å². The van der Waals surface area contributed by atoms with Gasteiger partial charge >= 0.3 is 0 Å². The van der Waals surface area contributed by atoms with Crippen molar-refractivity contribution in [1.29, 1.82) is 0 Å². The molecule has 90 valence electrons. The van der Waals surface area contributed by atoms with Crippen LogP contribution in [0.3, 0.4) is 0 Å². The van der Waals surface area contributed by atoms with Gasteiger partial charge in [-0.25, -0.2) is 0 Å². The van der Waals surface area contributed by atoms with Crippen LogP contribution in [0.15, 0.2) is 30.3 Å². The SMILES string of the molecule is CC.C[C@@H]1CCC[C@H]1OCc1ccccc1. The average molecular weight is 220 g/mol. The first-order chi connectivity index (χ1) is 7.86. The van der Waals surface area contributed by atoms with E-state index >= 15 is 0 Å². The van der Waals surface area contributed by atoms with Crippen LogP contribution < -0.4 is 0 Å². The van der Waals surface area contributed by atoms with Crippen LogP contribution in [0.1, 0.15) is 45.6 Å². The second-order valence-electron chi connectivity index (χ2n) is 4.24. The summed E-state index contributed by atoms with van der Waals surface area (Å²) in [6, 6.07) is 10.4. The summed E-state index contributed by atoms with van der Waals surface area (Å²) in [6.45, 7) is 7.07. The van der Waals surface area contributed by atoms with E-state index < -0.39 is 0 Å². The van der Waals surface area contributed by atoms with E-state index in [2.05, 4.69) is 31.2 Å². The van der Waals surface area contributed by atoms with Gasteiger partial charge in [0.1, 0.15) is 0 Å². The van der Waals surface area contributed by atoms with Crippen molar-refractivity contribution in [2.45, 2.75) is 52.7 Å². The van der Waals surface area contributed by atoms with E-state index in [1.165, 1.54) is 24.8 Å². The molecule has 2 rings (SSSR count). The van der Waals surface area contributed by atoms with Crippen LogP contribution in [-0.4, -0.2) is 6.10 Å². The normalized spacial score (nSPS) is 23.7. The molecular formula is C15H24O. The number of benzene rings is 1.